The van der Waals surface area contributed by atoms with E-state index in [1.165, 1.54) is 57.0 Å². The zero-order valence-electron chi connectivity index (χ0n) is 20.5. The SMILES string of the molecule is CCCCCCCCOP(=O)([O-])OCCCCCCCC.CC[P+](C)(CC)CC. The molecule has 0 unspecified atom stereocenters. The number of unbranched alkanes of at least 4 members (excludes halogenated alkanes) is 10. The molecule has 0 aromatic heterocycles. The molecule has 4 nitrogen and oxygen atoms in total. The fourth-order valence-corrected chi connectivity index (χ4v) is 4.95. The van der Waals surface area contributed by atoms with E-state index in [9.17, 15) is 9.46 Å². The van der Waals surface area contributed by atoms with Gasteiger partial charge in [0.15, 0.2) is 0 Å². The Bertz CT molecular complexity index is 344. The van der Waals surface area contributed by atoms with Gasteiger partial charge in [0.1, 0.15) is 0 Å². The van der Waals surface area contributed by atoms with Gasteiger partial charge >= 0.3 is 0 Å². The van der Waals surface area contributed by atoms with Crippen molar-refractivity contribution in [2.75, 3.05) is 38.4 Å². The van der Waals surface area contributed by atoms with Crippen molar-refractivity contribution >= 4 is 15.1 Å². The Hall–Kier alpha value is 0.540. The summed E-state index contributed by atoms with van der Waals surface area (Å²) in [5.74, 6) is 0. The molecule has 0 N–H and O–H groups in total. The summed E-state index contributed by atoms with van der Waals surface area (Å²) in [5, 5.41) is 0. The zero-order valence-corrected chi connectivity index (χ0v) is 22.3. The van der Waals surface area contributed by atoms with E-state index in [-0.39, 0.29) is 13.2 Å². The van der Waals surface area contributed by atoms with Crippen LogP contribution in [0, 0.1) is 0 Å². The van der Waals surface area contributed by atoms with Crippen molar-refractivity contribution in [2.45, 2.75) is 112 Å². The van der Waals surface area contributed by atoms with Gasteiger partial charge in [-0.05, 0) is 33.6 Å². The predicted octanol–water partition coefficient (Wildman–Crippen LogP) is 7.90. The van der Waals surface area contributed by atoms with E-state index in [1.807, 2.05) is 0 Å². The van der Waals surface area contributed by atoms with E-state index >= 15 is 0 Å². The van der Waals surface area contributed by atoms with Gasteiger partial charge in [0.2, 0.25) is 0 Å². The summed E-state index contributed by atoms with van der Waals surface area (Å²) in [6, 6.07) is 0. The topological polar surface area (TPSA) is 58.6 Å². The molecule has 0 amide bonds. The molecule has 0 bridgehead atoms. The lowest BCUT2D eigenvalue weighted by atomic mass is 10.1. The van der Waals surface area contributed by atoms with Crippen LogP contribution in [0.5, 0.6) is 0 Å². The summed E-state index contributed by atoms with van der Waals surface area (Å²) in [4.78, 5) is 11.5. The Morgan fingerprint density at radius 3 is 1.21 bits per heavy atom. The van der Waals surface area contributed by atoms with Gasteiger partial charge < -0.3 is 13.9 Å². The van der Waals surface area contributed by atoms with Crippen LogP contribution in [0.15, 0.2) is 0 Å². The van der Waals surface area contributed by atoms with Crippen molar-refractivity contribution in [3.63, 3.8) is 0 Å². The molecule has 0 rings (SSSR count). The Labute approximate surface area is 183 Å². The Balaban J connectivity index is 0. The van der Waals surface area contributed by atoms with Crippen molar-refractivity contribution in [3.8, 4) is 0 Å². The Kier molecular flexibility index (Phi) is 23.8. The molecule has 0 fully saturated rings. The van der Waals surface area contributed by atoms with Crippen LogP contribution in [0.25, 0.3) is 0 Å². The minimum Gasteiger partial charge on any atom is -0.756 e. The largest absolute Gasteiger partial charge is 0.756 e. The van der Waals surface area contributed by atoms with Crippen LogP contribution in [0.3, 0.4) is 0 Å². The first-order valence-electron chi connectivity index (χ1n) is 12.2. The molecule has 0 aliphatic rings. The number of hydrogen-bond donors (Lipinski definition) is 0. The van der Waals surface area contributed by atoms with Crippen LogP contribution in [-0.2, 0) is 13.6 Å². The van der Waals surface area contributed by atoms with Crippen molar-refractivity contribution in [3.05, 3.63) is 0 Å². The van der Waals surface area contributed by atoms with Gasteiger partial charge in [-0.2, -0.15) is 0 Å². The third-order valence-corrected chi connectivity index (χ3v) is 11.4. The smallest absolute Gasteiger partial charge is 0.267 e. The molecular weight excluding hydrogens is 402 g/mol. The van der Waals surface area contributed by atoms with E-state index < -0.39 is 15.1 Å². The number of rotatable bonds is 19. The standard InChI is InChI=1S/C16H35O4P.C7H18P/c1-3-5-7-9-11-13-15-19-21(17,18)20-16-14-12-10-8-6-4-2;1-5-8(4,6-2)7-3/h3-16H2,1-2H3,(H,17,18);5-7H2,1-4H3/q;+1/p-1. The van der Waals surface area contributed by atoms with Crippen molar-refractivity contribution in [1.82, 2.24) is 0 Å². The maximum Gasteiger partial charge on any atom is 0.267 e. The molecule has 0 aromatic carbocycles. The molecule has 0 spiro atoms. The molecule has 0 aliphatic carbocycles. The molecule has 29 heavy (non-hydrogen) atoms. The first-order valence-corrected chi connectivity index (χ1v) is 16.5. The summed E-state index contributed by atoms with van der Waals surface area (Å²) >= 11 is 0. The zero-order chi connectivity index (χ0) is 22.4. The molecule has 0 atom stereocenters. The molecule has 0 aromatic rings. The summed E-state index contributed by atoms with van der Waals surface area (Å²) in [6.45, 7) is 14.3. The predicted molar refractivity (Wildman–Crippen MR) is 131 cm³/mol. The fraction of sp³-hybridized carbons (Fsp3) is 1.00. The van der Waals surface area contributed by atoms with E-state index in [0.29, 0.717) is 0 Å². The highest BCUT2D eigenvalue weighted by Gasteiger charge is 2.22. The normalized spacial score (nSPS) is 12.0. The number of phosphoric ester groups is 1. The van der Waals surface area contributed by atoms with Gasteiger partial charge in [-0.15, -0.1) is 0 Å². The third-order valence-electron chi connectivity index (χ3n) is 5.78. The Morgan fingerprint density at radius 2 is 0.931 bits per heavy atom. The second-order valence-corrected chi connectivity index (χ2v) is 14.8. The number of phosphoric acid groups is 1. The van der Waals surface area contributed by atoms with Crippen molar-refractivity contribution < 1.29 is 18.5 Å². The third kappa shape index (κ3) is 23.0. The fourth-order valence-electron chi connectivity index (χ4n) is 2.83. The summed E-state index contributed by atoms with van der Waals surface area (Å²) in [6.07, 6.45) is 17.6. The minimum atomic E-state index is -4.07. The maximum atomic E-state index is 11.5. The average Bonchev–Trinajstić information content (AvgIpc) is 2.72. The molecule has 6 heteroatoms. The molecule has 0 saturated heterocycles. The lowest BCUT2D eigenvalue weighted by Crippen LogP contribution is -2.10. The van der Waals surface area contributed by atoms with E-state index in [2.05, 4.69) is 41.3 Å². The van der Waals surface area contributed by atoms with Crippen LogP contribution in [-0.4, -0.2) is 38.4 Å². The van der Waals surface area contributed by atoms with Gasteiger partial charge in [0, 0.05) is 13.9 Å². The highest BCUT2D eigenvalue weighted by Crippen LogP contribution is 2.53. The van der Waals surface area contributed by atoms with Gasteiger partial charge in [-0.3, -0.25) is 4.57 Å². The lowest BCUT2D eigenvalue weighted by molar-refractivity contribution is -0.225. The van der Waals surface area contributed by atoms with Crippen LogP contribution in [0.2, 0.25) is 0 Å². The summed E-state index contributed by atoms with van der Waals surface area (Å²) < 4.78 is 21.2. The number of hydrogen-bond acceptors (Lipinski definition) is 4. The summed E-state index contributed by atoms with van der Waals surface area (Å²) in [5.41, 5.74) is 0. The second-order valence-electron chi connectivity index (χ2n) is 8.22. The van der Waals surface area contributed by atoms with Crippen LogP contribution in [0.1, 0.15) is 112 Å². The highest BCUT2D eigenvalue weighted by atomic mass is 31.2. The monoisotopic (exact) mass is 454 g/mol. The molecule has 0 aliphatic heterocycles. The molecular formula is C23H52O4P2. The van der Waals surface area contributed by atoms with Gasteiger partial charge in [0.25, 0.3) is 7.82 Å². The van der Waals surface area contributed by atoms with E-state index in [1.54, 1.807) is 0 Å². The Morgan fingerprint density at radius 1 is 0.621 bits per heavy atom. The minimum absolute atomic E-state index is 0.253. The van der Waals surface area contributed by atoms with E-state index in [0.717, 1.165) is 38.5 Å². The summed E-state index contributed by atoms with van der Waals surface area (Å²) in [7, 11) is -4.48. The maximum absolute atomic E-state index is 11.5. The molecule has 0 saturated carbocycles. The van der Waals surface area contributed by atoms with Gasteiger partial charge in [-0.1, -0.05) is 78.1 Å². The van der Waals surface area contributed by atoms with Gasteiger partial charge in [0.05, 0.1) is 31.7 Å². The first-order chi connectivity index (χ1) is 13.8. The first kappa shape index (κ1) is 31.7. The van der Waals surface area contributed by atoms with Crippen molar-refractivity contribution in [2.24, 2.45) is 0 Å². The highest BCUT2D eigenvalue weighted by molar-refractivity contribution is 7.75. The lowest BCUT2D eigenvalue weighted by Gasteiger charge is -2.22. The molecule has 0 heterocycles. The molecule has 0 radical (unpaired) electrons. The van der Waals surface area contributed by atoms with Crippen LogP contribution >= 0.6 is 15.1 Å². The second kappa shape index (κ2) is 21.8. The molecule has 178 valence electrons. The van der Waals surface area contributed by atoms with Crippen LogP contribution < -0.4 is 4.89 Å². The van der Waals surface area contributed by atoms with Gasteiger partial charge in [-0.25, -0.2) is 0 Å². The van der Waals surface area contributed by atoms with Crippen molar-refractivity contribution in [1.29, 1.82) is 0 Å². The quantitative estimate of drug-likeness (QED) is 0.147. The van der Waals surface area contributed by atoms with Crippen LogP contribution in [0.4, 0.5) is 0 Å². The van der Waals surface area contributed by atoms with E-state index in [4.69, 9.17) is 9.05 Å². The average molecular weight is 455 g/mol.